The number of benzene rings is 1. The predicted octanol–water partition coefficient (Wildman–Crippen LogP) is 2.50. The zero-order valence-electron chi connectivity index (χ0n) is 9.44. The molecule has 0 heterocycles. The molecule has 0 atom stereocenters. The molecular formula is C11H13NO4. The van der Waals surface area contributed by atoms with Crippen molar-refractivity contribution < 1.29 is 14.5 Å². The fraction of sp³-hybridized carbons (Fsp3) is 0.364. The number of carbonyl (C=O) groups excluding carboxylic acids is 1. The Bertz CT molecular complexity index is 440. The first-order valence-electron chi connectivity index (χ1n) is 4.90. The van der Waals surface area contributed by atoms with Crippen LogP contribution >= 0.6 is 0 Å². The SMILES string of the molecule is CCOc1ccc([N+](=O)[O-])c(C)c1C(C)=O. The number of rotatable bonds is 4. The Morgan fingerprint density at radius 1 is 1.50 bits per heavy atom. The van der Waals surface area contributed by atoms with E-state index in [0.717, 1.165) is 0 Å². The van der Waals surface area contributed by atoms with Crippen molar-refractivity contribution in [2.45, 2.75) is 20.8 Å². The van der Waals surface area contributed by atoms with Gasteiger partial charge in [-0.2, -0.15) is 0 Å². The van der Waals surface area contributed by atoms with E-state index in [2.05, 4.69) is 0 Å². The van der Waals surface area contributed by atoms with E-state index >= 15 is 0 Å². The van der Waals surface area contributed by atoms with Crippen LogP contribution in [-0.2, 0) is 0 Å². The van der Waals surface area contributed by atoms with Gasteiger partial charge in [0, 0.05) is 11.6 Å². The monoisotopic (exact) mass is 223 g/mol. The average molecular weight is 223 g/mol. The summed E-state index contributed by atoms with van der Waals surface area (Å²) in [6, 6.07) is 2.82. The molecule has 0 unspecified atom stereocenters. The molecule has 16 heavy (non-hydrogen) atoms. The Morgan fingerprint density at radius 3 is 2.56 bits per heavy atom. The Labute approximate surface area is 93.2 Å². The molecule has 0 aromatic heterocycles. The molecule has 5 heteroatoms. The molecule has 1 rings (SSSR count). The number of nitro benzene ring substituents is 1. The van der Waals surface area contributed by atoms with Crippen LogP contribution in [0.2, 0.25) is 0 Å². The molecule has 0 fully saturated rings. The maximum Gasteiger partial charge on any atom is 0.273 e. The summed E-state index contributed by atoms with van der Waals surface area (Å²) in [5, 5.41) is 10.7. The Kier molecular flexibility index (Phi) is 3.60. The highest BCUT2D eigenvalue weighted by molar-refractivity contribution is 5.99. The highest BCUT2D eigenvalue weighted by atomic mass is 16.6. The van der Waals surface area contributed by atoms with Crippen LogP contribution < -0.4 is 4.74 Å². The largest absolute Gasteiger partial charge is 0.493 e. The number of nitrogens with zero attached hydrogens (tertiary/aromatic N) is 1. The molecule has 0 bridgehead atoms. The van der Waals surface area contributed by atoms with Crippen LogP contribution in [0.1, 0.15) is 29.8 Å². The first kappa shape index (κ1) is 12.2. The highest BCUT2D eigenvalue weighted by Crippen LogP contribution is 2.30. The maximum atomic E-state index is 11.4. The molecule has 0 saturated heterocycles. The normalized spacial score (nSPS) is 9.94. The minimum atomic E-state index is -0.502. The van der Waals surface area contributed by atoms with E-state index in [1.165, 1.54) is 19.1 Å². The van der Waals surface area contributed by atoms with Crippen LogP contribution in [0.3, 0.4) is 0 Å². The van der Waals surface area contributed by atoms with Crippen molar-refractivity contribution >= 4 is 11.5 Å². The molecule has 0 aliphatic rings. The van der Waals surface area contributed by atoms with Crippen LogP contribution in [0.4, 0.5) is 5.69 Å². The highest BCUT2D eigenvalue weighted by Gasteiger charge is 2.20. The molecule has 0 aliphatic heterocycles. The van der Waals surface area contributed by atoms with Gasteiger partial charge in [0.2, 0.25) is 0 Å². The molecule has 1 aromatic rings. The third-order valence-corrected chi connectivity index (χ3v) is 2.25. The Hall–Kier alpha value is -1.91. The summed E-state index contributed by atoms with van der Waals surface area (Å²) in [5.41, 5.74) is 0.577. The molecule has 0 N–H and O–H groups in total. The second-order valence-electron chi connectivity index (χ2n) is 3.33. The summed E-state index contributed by atoms with van der Waals surface area (Å²) in [4.78, 5) is 21.7. The zero-order valence-corrected chi connectivity index (χ0v) is 9.44. The summed E-state index contributed by atoms with van der Waals surface area (Å²) in [6.07, 6.45) is 0. The van der Waals surface area contributed by atoms with E-state index in [9.17, 15) is 14.9 Å². The topological polar surface area (TPSA) is 69.4 Å². The van der Waals surface area contributed by atoms with Gasteiger partial charge in [-0.05, 0) is 26.8 Å². The number of ether oxygens (including phenoxy) is 1. The van der Waals surface area contributed by atoms with Crippen LogP contribution in [-0.4, -0.2) is 17.3 Å². The van der Waals surface area contributed by atoms with Crippen LogP contribution in [0.5, 0.6) is 5.75 Å². The van der Waals surface area contributed by atoms with E-state index in [0.29, 0.717) is 17.9 Å². The molecule has 1 aromatic carbocycles. The first-order valence-corrected chi connectivity index (χ1v) is 4.90. The summed E-state index contributed by atoms with van der Waals surface area (Å²) >= 11 is 0. The van der Waals surface area contributed by atoms with E-state index in [1.807, 2.05) is 0 Å². The quantitative estimate of drug-likeness (QED) is 0.446. The van der Waals surface area contributed by atoms with Crippen molar-refractivity contribution in [3.8, 4) is 5.75 Å². The molecule has 0 radical (unpaired) electrons. The van der Waals surface area contributed by atoms with Crippen molar-refractivity contribution in [2.75, 3.05) is 6.61 Å². The summed E-state index contributed by atoms with van der Waals surface area (Å²) < 4.78 is 5.27. The van der Waals surface area contributed by atoms with Gasteiger partial charge in [-0.15, -0.1) is 0 Å². The van der Waals surface area contributed by atoms with E-state index in [4.69, 9.17) is 4.74 Å². The smallest absolute Gasteiger partial charge is 0.273 e. The van der Waals surface area contributed by atoms with Crippen molar-refractivity contribution in [3.05, 3.63) is 33.4 Å². The van der Waals surface area contributed by atoms with Crippen molar-refractivity contribution in [1.82, 2.24) is 0 Å². The van der Waals surface area contributed by atoms with Gasteiger partial charge in [0.1, 0.15) is 5.75 Å². The first-order chi connectivity index (χ1) is 7.49. The fourth-order valence-corrected chi connectivity index (χ4v) is 1.59. The number of nitro groups is 1. The maximum absolute atomic E-state index is 11.4. The number of hydrogen-bond acceptors (Lipinski definition) is 4. The van der Waals surface area contributed by atoms with Crippen LogP contribution in [0.15, 0.2) is 12.1 Å². The summed E-state index contributed by atoms with van der Waals surface area (Å²) in [7, 11) is 0. The molecule has 0 amide bonds. The summed E-state index contributed by atoms with van der Waals surface area (Å²) in [6.45, 7) is 5.13. The third kappa shape index (κ3) is 2.18. The number of Topliss-reactive ketones (excluding diaryl/α,β-unsaturated/α-hetero) is 1. The molecular weight excluding hydrogens is 210 g/mol. The van der Waals surface area contributed by atoms with Gasteiger partial charge in [0.05, 0.1) is 17.1 Å². The van der Waals surface area contributed by atoms with Crippen LogP contribution in [0, 0.1) is 17.0 Å². The number of hydrogen-bond donors (Lipinski definition) is 0. The van der Waals surface area contributed by atoms with Gasteiger partial charge in [-0.1, -0.05) is 0 Å². The lowest BCUT2D eigenvalue weighted by Gasteiger charge is -2.10. The lowest BCUT2D eigenvalue weighted by molar-refractivity contribution is -0.385. The lowest BCUT2D eigenvalue weighted by Crippen LogP contribution is -2.05. The van der Waals surface area contributed by atoms with Gasteiger partial charge < -0.3 is 4.74 Å². The molecule has 5 nitrogen and oxygen atoms in total. The minimum Gasteiger partial charge on any atom is -0.493 e. The van der Waals surface area contributed by atoms with Gasteiger partial charge >= 0.3 is 0 Å². The van der Waals surface area contributed by atoms with E-state index in [-0.39, 0.29) is 17.0 Å². The Morgan fingerprint density at radius 2 is 2.12 bits per heavy atom. The molecule has 86 valence electrons. The van der Waals surface area contributed by atoms with Gasteiger partial charge in [0.25, 0.3) is 5.69 Å². The Balaban J connectivity index is 3.41. The van der Waals surface area contributed by atoms with Crippen molar-refractivity contribution in [1.29, 1.82) is 0 Å². The van der Waals surface area contributed by atoms with Crippen molar-refractivity contribution in [2.24, 2.45) is 0 Å². The van der Waals surface area contributed by atoms with Gasteiger partial charge in [-0.25, -0.2) is 0 Å². The summed E-state index contributed by atoms with van der Waals surface area (Å²) in [5.74, 6) is 0.169. The molecule has 0 saturated carbocycles. The second kappa shape index (κ2) is 4.74. The molecule has 0 aliphatic carbocycles. The number of carbonyl (C=O) groups is 1. The zero-order chi connectivity index (χ0) is 12.3. The third-order valence-electron chi connectivity index (χ3n) is 2.25. The van der Waals surface area contributed by atoms with Gasteiger partial charge in [-0.3, -0.25) is 14.9 Å². The fourth-order valence-electron chi connectivity index (χ4n) is 1.59. The van der Waals surface area contributed by atoms with Crippen LogP contribution in [0.25, 0.3) is 0 Å². The average Bonchev–Trinajstić information content (AvgIpc) is 2.17. The van der Waals surface area contributed by atoms with Crippen molar-refractivity contribution in [3.63, 3.8) is 0 Å². The predicted molar refractivity (Wildman–Crippen MR) is 59.0 cm³/mol. The van der Waals surface area contributed by atoms with Gasteiger partial charge in [0.15, 0.2) is 5.78 Å². The second-order valence-corrected chi connectivity index (χ2v) is 3.33. The van der Waals surface area contributed by atoms with E-state index in [1.54, 1.807) is 13.8 Å². The number of ketones is 1. The minimum absolute atomic E-state index is 0.0614. The molecule has 0 spiro atoms. The lowest BCUT2D eigenvalue weighted by atomic mass is 10.0. The van der Waals surface area contributed by atoms with E-state index < -0.39 is 4.92 Å². The standard InChI is InChI=1S/C11H13NO4/c1-4-16-10-6-5-9(12(14)15)7(2)11(10)8(3)13/h5-6H,4H2,1-3H3.